The molecule has 1 aromatic rings. The van der Waals surface area contributed by atoms with Crippen molar-refractivity contribution in [1.82, 2.24) is 0 Å². The minimum Gasteiger partial charge on any atom is -0.452 e. The SMILES string of the molecule is CC(C)(C)CC(C)(C(=O)OC1C2=C(CCC=C2)Cc2ccccc21)C(C)(C)C. The molecule has 0 fully saturated rings. The van der Waals surface area contributed by atoms with Crippen LogP contribution in [0.2, 0.25) is 0 Å². The van der Waals surface area contributed by atoms with E-state index in [-0.39, 0.29) is 22.9 Å². The molecule has 0 amide bonds. The highest BCUT2D eigenvalue weighted by Crippen LogP contribution is 2.49. The number of esters is 1. The third kappa shape index (κ3) is 3.97. The lowest BCUT2D eigenvalue weighted by atomic mass is 9.61. The van der Waals surface area contributed by atoms with Gasteiger partial charge in [-0.25, -0.2) is 0 Å². The fraction of sp³-hybridized carbons (Fsp3) is 0.577. The summed E-state index contributed by atoms with van der Waals surface area (Å²) in [6.07, 6.45) is 8.01. The van der Waals surface area contributed by atoms with E-state index in [0.717, 1.165) is 31.2 Å². The van der Waals surface area contributed by atoms with Crippen LogP contribution in [0.5, 0.6) is 0 Å². The molecular weight excluding hydrogens is 344 g/mol. The van der Waals surface area contributed by atoms with Crippen LogP contribution in [-0.2, 0) is 16.0 Å². The molecule has 1 aromatic carbocycles. The van der Waals surface area contributed by atoms with Crippen LogP contribution in [0.4, 0.5) is 0 Å². The van der Waals surface area contributed by atoms with E-state index < -0.39 is 5.41 Å². The molecule has 2 nitrogen and oxygen atoms in total. The lowest BCUT2D eigenvalue weighted by Gasteiger charge is -2.44. The number of carbonyl (C=O) groups is 1. The largest absolute Gasteiger partial charge is 0.452 e. The van der Waals surface area contributed by atoms with Crippen LogP contribution in [0.3, 0.4) is 0 Å². The standard InChI is InChI=1S/C26H36O2/c1-24(2,3)17-26(7,25(4,5)6)23(27)28-22-20-14-10-8-12-18(20)16-19-13-9-11-15-21(19)22/h8,10-12,14-15,22H,9,13,16-17H2,1-7H3. The molecular formula is C26H36O2. The first-order valence-corrected chi connectivity index (χ1v) is 10.6. The lowest BCUT2D eigenvalue weighted by Crippen LogP contribution is -2.45. The predicted octanol–water partition coefficient (Wildman–Crippen LogP) is 6.96. The third-order valence-electron chi connectivity index (χ3n) is 6.56. The van der Waals surface area contributed by atoms with Crippen molar-refractivity contribution in [2.75, 3.05) is 0 Å². The summed E-state index contributed by atoms with van der Waals surface area (Å²) in [6, 6.07) is 8.44. The molecule has 28 heavy (non-hydrogen) atoms. The van der Waals surface area contributed by atoms with Gasteiger partial charge in [0.25, 0.3) is 0 Å². The van der Waals surface area contributed by atoms with Gasteiger partial charge in [-0.1, -0.05) is 83.5 Å². The molecule has 0 saturated heterocycles. The van der Waals surface area contributed by atoms with Gasteiger partial charge in [-0.3, -0.25) is 4.79 Å². The number of hydrogen-bond acceptors (Lipinski definition) is 2. The molecule has 0 heterocycles. The molecule has 0 saturated carbocycles. The Hall–Kier alpha value is -1.83. The summed E-state index contributed by atoms with van der Waals surface area (Å²) in [4.78, 5) is 13.7. The normalized spacial score (nSPS) is 21.6. The van der Waals surface area contributed by atoms with E-state index in [9.17, 15) is 4.79 Å². The van der Waals surface area contributed by atoms with Gasteiger partial charge in [0.1, 0.15) is 0 Å². The first kappa shape index (κ1) is 20.9. The van der Waals surface area contributed by atoms with Gasteiger partial charge in [-0.2, -0.15) is 0 Å². The van der Waals surface area contributed by atoms with E-state index in [1.54, 1.807) is 0 Å². The van der Waals surface area contributed by atoms with Gasteiger partial charge in [0, 0.05) is 5.56 Å². The van der Waals surface area contributed by atoms with Crippen molar-refractivity contribution < 1.29 is 9.53 Å². The van der Waals surface area contributed by atoms with Crippen LogP contribution in [0.1, 0.15) is 85.0 Å². The molecule has 2 unspecified atom stereocenters. The summed E-state index contributed by atoms with van der Waals surface area (Å²) in [5.74, 6) is -0.0811. The highest BCUT2D eigenvalue weighted by atomic mass is 16.5. The number of hydrogen-bond donors (Lipinski definition) is 0. The molecule has 0 aliphatic heterocycles. The van der Waals surface area contributed by atoms with E-state index in [1.165, 1.54) is 16.7 Å². The number of rotatable bonds is 3. The van der Waals surface area contributed by atoms with Crippen LogP contribution < -0.4 is 0 Å². The van der Waals surface area contributed by atoms with E-state index in [4.69, 9.17) is 4.74 Å². The van der Waals surface area contributed by atoms with Crippen molar-refractivity contribution in [1.29, 1.82) is 0 Å². The summed E-state index contributed by atoms with van der Waals surface area (Å²) >= 11 is 0. The maximum Gasteiger partial charge on any atom is 0.313 e. The summed E-state index contributed by atoms with van der Waals surface area (Å²) in [7, 11) is 0. The smallest absolute Gasteiger partial charge is 0.313 e. The number of ether oxygens (including phenoxy) is 1. The highest BCUT2D eigenvalue weighted by Gasteiger charge is 2.49. The van der Waals surface area contributed by atoms with Crippen LogP contribution in [-0.4, -0.2) is 5.97 Å². The zero-order valence-corrected chi connectivity index (χ0v) is 18.7. The number of benzene rings is 1. The third-order valence-corrected chi connectivity index (χ3v) is 6.56. The van der Waals surface area contributed by atoms with Gasteiger partial charge < -0.3 is 4.74 Å². The number of carbonyl (C=O) groups excluding carboxylic acids is 1. The van der Waals surface area contributed by atoms with Gasteiger partial charge in [-0.15, -0.1) is 0 Å². The second-order valence-electron chi connectivity index (χ2n) is 11.0. The molecule has 152 valence electrons. The van der Waals surface area contributed by atoms with E-state index >= 15 is 0 Å². The first-order chi connectivity index (χ1) is 12.9. The zero-order chi connectivity index (χ0) is 20.7. The van der Waals surface area contributed by atoms with Crippen molar-refractivity contribution in [3.63, 3.8) is 0 Å². The second-order valence-corrected chi connectivity index (χ2v) is 11.0. The number of allylic oxidation sites excluding steroid dienone is 2. The van der Waals surface area contributed by atoms with Crippen LogP contribution in [0, 0.1) is 16.2 Å². The van der Waals surface area contributed by atoms with Crippen molar-refractivity contribution in [2.24, 2.45) is 16.2 Å². The minimum atomic E-state index is -0.559. The zero-order valence-electron chi connectivity index (χ0n) is 18.7. The molecule has 2 atom stereocenters. The number of fused-ring (bicyclic) bond motifs is 1. The average molecular weight is 381 g/mol. The van der Waals surface area contributed by atoms with Gasteiger partial charge >= 0.3 is 5.97 Å². The molecule has 3 rings (SSSR count). The van der Waals surface area contributed by atoms with Crippen LogP contribution in [0.25, 0.3) is 0 Å². The second kappa shape index (κ2) is 7.21. The molecule has 2 aliphatic carbocycles. The quantitative estimate of drug-likeness (QED) is 0.530. The Balaban J connectivity index is 1.99. The van der Waals surface area contributed by atoms with Crippen molar-refractivity contribution in [3.05, 3.63) is 58.7 Å². The van der Waals surface area contributed by atoms with Crippen molar-refractivity contribution in [3.8, 4) is 0 Å². The molecule has 0 aromatic heterocycles. The summed E-state index contributed by atoms with van der Waals surface area (Å²) in [5.41, 5.74) is 4.36. The van der Waals surface area contributed by atoms with E-state index in [2.05, 4.69) is 84.9 Å². The first-order valence-electron chi connectivity index (χ1n) is 10.6. The predicted molar refractivity (Wildman–Crippen MR) is 116 cm³/mol. The average Bonchev–Trinajstić information content (AvgIpc) is 2.59. The molecule has 0 spiro atoms. The molecule has 2 aliphatic rings. The van der Waals surface area contributed by atoms with Crippen molar-refractivity contribution in [2.45, 2.75) is 80.3 Å². The van der Waals surface area contributed by atoms with Crippen LogP contribution >= 0.6 is 0 Å². The Bertz CT molecular complexity index is 814. The topological polar surface area (TPSA) is 26.3 Å². The fourth-order valence-corrected chi connectivity index (χ4v) is 4.61. The Labute approximate surface area is 171 Å². The van der Waals surface area contributed by atoms with Gasteiger partial charge in [0.2, 0.25) is 0 Å². The Morgan fingerprint density at radius 3 is 2.39 bits per heavy atom. The van der Waals surface area contributed by atoms with E-state index in [1.807, 2.05) is 0 Å². The van der Waals surface area contributed by atoms with E-state index in [0.29, 0.717) is 0 Å². The summed E-state index contributed by atoms with van der Waals surface area (Å²) in [6.45, 7) is 15.1. The molecule has 0 N–H and O–H groups in total. The fourth-order valence-electron chi connectivity index (χ4n) is 4.61. The maximum atomic E-state index is 13.7. The highest BCUT2D eigenvalue weighted by molar-refractivity contribution is 5.78. The molecule has 0 bridgehead atoms. The molecule has 2 heteroatoms. The summed E-state index contributed by atoms with van der Waals surface area (Å²) in [5, 5.41) is 0. The maximum absolute atomic E-state index is 13.7. The van der Waals surface area contributed by atoms with Crippen molar-refractivity contribution >= 4 is 5.97 Å². The van der Waals surface area contributed by atoms with Gasteiger partial charge in [0.15, 0.2) is 6.10 Å². The Morgan fingerprint density at radius 2 is 1.75 bits per heavy atom. The summed E-state index contributed by atoms with van der Waals surface area (Å²) < 4.78 is 6.38. The minimum absolute atomic E-state index is 0.0424. The monoisotopic (exact) mass is 380 g/mol. The molecule has 0 radical (unpaired) electrons. The van der Waals surface area contributed by atoms with Gasteiger partial charge in [0.05, 0.1) is 5.41 Å². The van der Waals surface area contributed by atoms with Gasteiger partial charge in [-0.05, 0) is 54.6 Å². The van der Waals surface area contributed by atoms with Crippen LogP contribution in [0.15, 0.2) is 47.6 Å². The Morgan fingerprint density at radius 1 is 1.07 bits per heavy atom. The lowest BCUT2D eigenvalue weighted by molar-refractivity contribution is -0.169. The Kier molecular flexibility index (Phi) is 5.38.